The van der Waals surface area contributed by atoms with E-state index in [0.29, 0.717) is 17.2 Å². The molecular weight excluding hydrogens is 260 g/mol. The molecule has 0 aromatic heterocycles. The molecule has 102 valence electrons. The number of urea groups is 1. The van der Waals surface area contributed by atoms with Crippen molar-refractivity contribution in [2.24, 2.45) is 5.73 Å². The molecule has 20 heavy (non-hydrogen) atoms. The molecule has 0 radical (unpaired) electrons. The number of carboxylic acids is 1. The molecule has 2 rings (SSSR count). The van der Waals surface area contributed by atoms with Gasteiger partial charge in [0.05, 0.1) is 5.56 Å². The molecule has 0 heterocycles. The number of carboxylic acid groups (broad SMARTS) is 1. The van der Waals surface area contributed by atoms with Crippen molar-refractivity contribution in [1.82, 2.24) is 0 Å². The van der Waals surface area contributed by atoms with E-state index in [9.17, 15) is 9.59 Å². The second kappa shape index (κ2) is 5.75. The summed E-state index contributed by atoms with van der Waals surface area (Å²) < 4.78 is 5.52. The standard InChI is InChI=1S/C14H12N2O4/c15-14(19)16-10-4-6-11(7-5-10)20-12-3-1-2-9(8-12)13(17)18/h1-8H,(H,17,18)(H3,15,16,19). The van der Waals surface area contributed by atoms with E-state index >= 15 is 0 Å². The number of nitrogens with one attached hydrogen (secondary N) is 1. The first kappa shape index (κ1) is 13.4. The van der Waals surface area contributed by atoms with Crippen LogP contribution in [0.3, 0.4) is 0 Å². The molecule has 0 aliphatic heterocycles. The van der Waals surface area contributed by atoms with Gasteiger partial charge in [0.25, 0.3) is 0 Å². The van der Waals surface area contributed by atoms with Gasteiger partial charge in [-0.2, -0.15) is 0 Å². The molecule has 0 atom stereocenters. The summed E-state index contributed by atoms with van der Waals surface area (Å²) in [5.74, 6) is -0.0838. The Hall–Kier alpha value is -3.02. The molecule has 0 aliphatic carbocycles. The average Bonchev–Trinajstić information content (AvgIpc) is 2.41. The molecule has 6 heteroatoms. The zero-order chi connectivity index (χ0) is 14.5. The zero-order valence-corrected chi connectivity index (χ0v) is 10.4. The summed E-state index contributed by atoms with van der Waals surface area (Å²) in [7, 11) is 0. The fourth-order valence-corrected chi connectivity index (χ4v) is 1.58. The maximum absolute atomic E-state index is 10.8. The van der Waals surface area contributed by atoms with Crippen molar-refractivity contribution in [1.29, 1.82) is 0 Å². The molecule has 2 amide bonds. The smallest absolute Gasteiger partial charge is 0.335 e. The summed E-state index contributed by atoms with van der Waals surface area (Å²) in [6.45, 7) is 0. The Morgan fingerprint density at radius 2 is 1.75 bits per heavy atom. The van der Waals surface area contributed by atoms with E-state index in [1.807, 2.05) is 0 Å². The summed E-state index contributed by atoms with van der Waals surface area (Å²) >= 11 is 0. The van der Waals surface area contributed by atoms with Crippen molar-refractivity contribution in [3.8, 4) is 11.5 Å². The lowest BCUT2D eigenvalue weighted by Crippen LogP contribution is -2.19. The van der Waals surface area contributed by atoms with E-state index in [0.717, 1.165) is 0 Å². The van der Waals surface area contributed by atoms with Gasteiger partial charge >= 0.3 is 12.0 Å². The molecule has 6 nitrogen and oxygen atoms in total. The number of benzene rings is 2. The lowest BCUT2D eigenvalue weighted by atomic mass is 10.2. The molecule has 2 aromatic carbocycles. The Kier molecular flexibility index (Phi) is 3.85. The third-order valence-electron chi connectivity index (χ3n) is 2.44. The highest BCUT2D eigenvalue weighted by Gasteiger charge is 2.05. The van der Waals surface area contributed by atoms with Crippen LogP contribution >= 0.6 is 0 Å². The van der Waals surface area contributed by atoms with Crippen LogP contribution < -0.4 is 15.8 Å². The number of anilines is 1. The Morgan fingerprint density at radius 3 is 2.35 bits per heavy atom. The second-order valence-electron chi connectivity index (χ2n) is 3.95. The quantitative estimate of drug-likeness (QED) is 0.796. The summed E-state index contributed by atoms with van der Waals surface area (Å²) in [5, 5.41) is 11.3. The van der Waals surface area contributed by atoms with Gasteiger partial charge in [0, 0.05) is 5.69 Å². The number of amides is 2. The van der Waals surface area contributed by atoms with Crippen LogP contribution in [-0.2, 0) is 0 Å². The van der Waals surface area contributed by atoms with Crippen LogP contribution in [0.4, 0.5) is 10.5 Å². The molecule has 0 unspecified atom stereocenters. The Morgan fingerprint density at radius 1 is 1.05 bits per heavy atom. The number of rotatable bonds is 4. The molecule has 0 bridgehead atoms. The highest BCUT2D eigenvalue weighted by molar-refractivity contribution is 5.88. The number of carbonyl (C=O) groups is 2. The molecule has 4 N–H and O–H groups in total. The highest BCUT2D eigenvalue weighted by Crippen LogP contribution is 2.23. The molecule has 0 saturated carbocycles. The Labute approximate surface area is 114 Å². The maximum Gasteiger partial charge on any atom is 0.335 e. The fourth-order valence-electron chi connectivity index (χ4n) is 1.58. The third-order valence-corrected chi connectivity index (χ3v) is 2.44. The normalized spacial score (nSPS) is 9.80. The van der Waals surface area contributed by atoms with E-state index in [4.69, 9.17) is 15.6 Å². The average molecular weight is 272 g/mol. The summed E-state index contributed by atoms with van der Waals surface area (Å²) in [4.78, 5) is 21.5. The molecule has 0 saturated heterocycles. The number of aromatic carboxylic acids is 1. The van der Waals surface area contributed by atoms with Gasteiger partial charge in [0.15, 0.2) is 0 Å². The Balaban J connectivity index is 2.11. The predicted molar refractivity (Wildman–Crippen MR) is 73.1 cm³/mol. The van der Waals surface area contributed by atoms with E-state index in [2.05, 4.69) is 5.32 Å². The van der Waals surface area contributed by atoms with Crippen LogP contribution in [0.5, 0.6) is 11.5 Å². The highest BCUT2D eigenvalue weighted by atomic mass is 16.5. The SMILES string of the molecule is NC(=O)Nc1ccc(Oc2cccc(C(=O)O)c2)cc1. The lowest BCUT2D eigenvalue weighted by Gasteiger charge is -2.07. The minimum absolute atomic E-state index is 0.148. The van der Waals surface area contributed by atoms with Gasteiger partial charge in [0.1, 0.15) is 11.5 Å². The van der Waals surface area contributed by atoms with Crippen LogP contribution in [0, 0.1) is 0 Å². The van der Waals surface area contributed by atoms with Crippen LogP contribution in [0.25, 0.3) is 0 Å². The second-order valence-corrected chi connectivity index (χ2v) is 3.95. The van der Waals surface area contributed by atoms with Crippen LogP contribution in [0.1, 0.15) is 10.4 Å². The van der Waals surface area contributed by atoms with Gasteiger partial charge in [-0.25, -0.2) is 9.59 Å². The summed E-state index contributed by atoms with van der Waals surface area (Å²) in [5.41, 5.74) is 5.69. The van der Waals surface area contributed by atoms with Gasteiger partial charge in [0.2, 0.25) is 0 Å². The van der Waals surface area contributed by atoms with Gasteiger partial charge < -0.3 is 20.9 Å². The van der Waals surface area contributed by atoms with Crippen LogP contribution in [-0.4, -0.2) is 17.1 Å². The molecule has 0 aliphatic rings. The van der Waals surface area contributed by atoms with Crippen molar-refractivity contribution in [2.75, 3.05) is 5.32 Å². The minimum Gasteiger partial charge on any atom is -0.478 e. The molecule has 2 aromatic rings. The van der Waals surface area contributed by atoms with Gasteiger partial charge in [-0.1, -0.05) is 6.07 Å². The van der Waals surface area contributed by atoms with Gasteiger partial charge in [-0.15, -0.1) is 0 Å². The third kappa shape index (κ3) is 3.49. The number of carbonyl (C=O) groups excluding carboxylic acids is 1. The first-order valence-corrected chi connectivity index (χ1v) is 5.72. The predicted octanol–water partition coefficient (Wildman–Crippen LogP) is 2.67. The van der Waals surface area contributed by atoms with Gasteiger partial charge in [-0.3, -0.25) is 0 Å². The summed E-state index contributed by atoms with van der Waals surface area (Å²) in [6, 6.07) is 12.0. The van der Waals surface area contributed by atoms with Crippen LogP contribution in [0.15, 0.2) is 48.5 Å². The number of hydrogen-bond donors (Lipinski definition) is 3. The van der Waals surface area contributed by atoms with Crippen molar-refractivity contribution in [3.05, 3.63) is 54.1 Å². The number of hydrogen-bond acceptors (Lipinski definition) is 3. The monoisotopic (exact) mass is 272 g/mol. The number of ether oxygens (including phenoxy) is 1. The summed E-state index contributed by atoms with van der Waals surface area (Å²) in [6.07, 6.45) is 0. The molecule has 0 fully saturated rings. The number of nitrogens with two attached hydrogens (primary N) is 1. The minimum atomic E-state index is -1.02. The number of primary amides is 1. The van der Waals surface area contributed by atoms with Crippen molar-refractivity contribution >= 4 is 17.7 Å². The van der Waals surface area contributed by atoms with Crippen LogP contribution in [0.2, 0.25) is 0 Å². The molecular formula is C14H12N2O4. The van der Waals surface area contributed by atoms with Crippen molar-refractivity contribution in [3.63, 3.8) is 0 Å². The fraction of sp³-hybridized carbons (Fsp3) is 0. The maximum atomic E-state index is 10.8. The van der Waals surface area contributed by atoms with E-state index in [1.54, 1.807) is 36.4 Å². The zero-order valence-electron chi connectivity index (χ0n) is 10.4. The van der Waals surface area contributed by atoms with Gasteiger partial charge in [-0.05, 0) is 42.5 Å². The largest absolute Gasteiger partial charge is 0.478 e. The molecule has 0 spiro atoms. The van der Waals surface area contributed by atoms with Crippen molar-refractivity contribution < 1.29 is 19.4 Å². The van der Waals surface area contributed by atoms with E-state index < -0.39 is 12.0 Å². The first-order chi connectivity index (χ1) is 9.54. The van der Waals surface area contributed by atoms with E-state index in [1.165, 1.54) is 12.1 Å². The first-order valence-electron chi connectivity index (χ1n) is 5.72. The lowest BCUT2D eigenvalue weighted by molar-refractivity contribution is 0.0696. The Bertz CT molecular complexity index is 638. The topological polar surface area (TPSA) is 102 Å². The van der Waals surface area contributed by atoms with Crippen molar-refractivity contribution in [2.45, 2.75) is 0 Å². The van der Waals surface area contributed by atoms with E-state index in [-0.39, 0.29) is 5.56 Å².